The van der Waals surface area contributed by atoms with E-state index in [9.17, 15) is 17.2 Å². The van der Waals surface area contributed by atoms with Crippen LogP contribution in [0.15, 0.2) is 42.6 Å². The van der Waals surface area contributed by atoms with Gasteiger partial charge in [0.2, 0.25) is 10.0 Å². The van der Waals surface area contributed by atoms with Crippen LogP contribution in [0.5, 0.6) is 0 Å². The van der Waals surface area contributed by atoms with Crippen molar-refractivity contribution in [2.24, 2.45) is 0 Å². The van der Waals surface area contributed by atoms with E-state index in [2.05, 4.69) is 34.0 Å². The normalized spacial score (nSPS) is 26.4. The third kappa shape index (κ3) is 5.63. The summed E-state index contributed by atoms with van der Waals surface area (Å²) in [7, 11) is -3.45. The molecule has 2 aromatic rings. The zero-order valence-corrected chi connectivity index (χ0v) is 18.9. The maximum absolute atomic E-state index is 14.4. The number of pyridine rings is 1. The van der Waals surface area contributed by atoms with Crippen molar-refractivity contribution in [3.8, 4) is 0 Å². The molecule has 4 rings (SSSR count). The van der Waals surface area contributed by atoms with Gasteiger partial charge in [-0.3, -0.25) is 0 Å². The van der Waals surface area contributed by atoms with E-state index in [-0.39, 0.29) is 18.5 Å². The van der Waals surface area contributed by atoms with Gasteiger partial charge >= 0.3 is 0 Å². The molecular weight excluding hydrogens is 436 g/mol. The topological polar surface area (TPSA) is 71.5 Å². The molecule has 2 atom stereocenters. The molecule has 32 heavy (non-hydrogen) atoms. The lowest BCUT2D eigenvalue weighted by molar-refractivity contribution is 0.0155. The van der Waals surface area contributed by atoms with E-state index in [1.807, 2.05) is 6.07 Å². The number of hydrogen-bond donors (Lipinski definition) is 1. The van der Waals surface area contributed by atoms with E-state index in [4.69, 9.17) is 4.74 Å². The summed E-state index contributed by atoms with van der Waals surface area (Å²) in [5.41, 5.74) is 1.35. The van der Waals surface area contributed by atoms with Crippen LogP contribution in [-0.4, -0.2) is 51.0 Å². The summed E-state index contributed by atoms with van der Waals surface area (Å²) >= 11 is 0. The molecular formula is C23H29F2N3O3S. The number of nitrogens with zero attached hydrogens (tertiary/aromatic N) is 2. The third-order valence-electron chi connectivity index (χ3n) is 6.42. The summed E-state index contributed by atoms with van der Waals surface area (Å²) < 4.78 is 60.3. The first-order chi connectivity index (χ1) is 15.3. The molecule has 1 aromatic carbocycles. The van der Waals surface area contributed by atoms with Gasteiger partial charge in [0.1, 0.15) is 5.82 Å². The van der Waals surface area contributed by atoms with Crippen LogP contribution < -0.4 is 9.62 Å². The molecule has 2 fully saturated rings. The second kappa shape index (κ2) is 9.80. The molecule has 0 radical (unpaired) electrons. The zero-order chi connectivity index (χ0) is 22.7. The average Bonchev–Trinajstić information content (AvgIpc) is 3.13. The first kappa shape index (κ1) is 23.1. The quantitative estimate of drug-likeness (QED) is 0.677. The summed E-state index contributed by atoms with van der Waals surface area (Å²) in [6, 6.07) is 10.4. The lowest BCUT2D eigenvalue weighted by atomic mass is 9.83. The largest absolute Gasteiger partial charge is 0.376 e. The van der Waals surface area contributed by atoms with E-state index in [0.717, 1.165) is 44.2 Å². The van der Waals surface area contributed by atoms with Crippen LogP contribution in [-0.2, 0) is 14.8 Å². The Morgan fingerprint density at radius 1 is 1.12 bits per heavy atom. The van der Waals surface area contributed by atoms with Crippen LogP contribution in [0, 0.1) is 11.6 Å². The number of aromatic nitrogens is 1. The summed E-state index contributed by atoms with van der Waals surface area (Å²) in [5, 5.41) is 0. The van der Waals surface area contributed by atoms with E-state index in [0.29, 0.717) is 18.9 Å². The minimum atomic E-state index is -3.45. The fourth-order valence-corrected chi connectivity index (χ4v) is 5.70. The number of rotatable bonds is 7. The number of anilines is 1. The van der Waals surface area contributed by atoms with Gasteiger partial charge in [0, 0.05) is 18.7 Å². The molecule has 1 saturated carbocycles. The number of benzene rings is 1. The highest BCUT2D eigenvalue weighted by molar-refractivity contribution is 7.88. The Labute approximate surface area is 188 Å². The van der Waals surface area contributed by atoms with E-state index in [1.54, 1.807) is 4.90 Å². The Balaban J connectivity index is 1.42. The Kier molecular flexibility index (Phi) is 7.07. The first-order valence-electron chi connectivity index (χ1n) is 11.0. The summed E-state index contributed by atoms with van der Waals surface area (Å²) in [6.45, 7) is 0.643. The minimum absolute atomic E-state index is 0.0191. The molecule has 2 heterocycles. The molecule has 1 N–H and O–H groups in total. The van der Waals surface area contributed by atoms with Gasteiger partial charge in [0.15, 0.2) is 11.6 Å². The minimum Gasteiger partial charge on any atom is -0.376 e. The molecule has 0 bridgehead atoms. The van der Waals surface area contributed by atoms with Crippen molar-refractivity contribution < 1.29 is 21.9 Å². The van der Waals surface area contributed by atoms with Gasteiger partial charge in [-0.15, -0.1) is 0 Å². The van der Waals surface area contributed by atoms with Crippen molar-refractivity contribution >= 4 is 15.8 Å². The second-order valence-electron chi connectivity index (χ2n) is 8.72. The first-order valence-corrected chi connectivity index (χ1v) is 12.9. The summed E-state index contributed by atoms with van der Waals surface area (Å²) in [6.07, 6.45) is 6.53. The fraction of sp³-hybridized carbons (Fsp3) is 0.522. The van der Waals surface area contributed by atoms with Crippen LogP contribution in [0.4, 0.5) is 14.6 Å². The van der Waals surface area contributed by atoms with Crippen LogP contribution in [0.1, 0.15) is 43.6 Å². The van der Waals surface area contributed by atoms with Crippen LogP contribution in [0.25, 0.3) is 0 Å². The molecule has 0 spiro atoms. The number of nitrogens with one attached hydrogen (secondary N) is 1. The number of ether oxygens (including phenoxy) is 1. The highest BCUT2D eigenvalue weighted by Gasteiger charge is 2.38. The van der Waals surface area contributed by atoms with Crippen molar-refractivity contribution in [1.29, 1.82) is 0 Å². The SMILES string of the molecule is CS(=O)(=O)N[C@H]1CCN(c2ncc(F)cc2F)[C@H]1COC1CCC(c2ccccc2)CC1. The molecule has 1 aliphatic heterocycles. The van der Waals surface area contributed by atoms with Crippen LogP contribution in [0.2, 0.25) is 0 Å². The Morgan fingerprint density at radius 3 is 2.50 bits per heavy atom. The Bertz CT molecular complexity index is 1010. The third-order valence-corrected chi connectivity index (χ3v) is 7.15. The van der Waals surface area contributed by atoms with Gasteiger partial charge in [-0.2, -0.15) is 0 Å². The lowest BCUT2D eigenvalue weighted by Crippen LogP contribution is -2.48. The van der Waals surface area contributed by atoms with Crippen molar-refractivity contribution in [2.75, 3.05) is 24.3 Å². The second-order valence-corrected chi connectivity index (χ2v) is 10.5. The maximum Gasteiger partial charge on any atom is 0.209 e. The monoisotopic (exact) mass is 465 g/mol. The molecule has 1 aromatic heterocycles. The van der Waals surface area contributed by atoms with Crippen molar-refractivity contribution in [3.63, 3.8) is 0 Å². The highest BCUT2D eigenvalue weighted by atomic mass is 32.2. The predicted molar refractivity (Wildman–Crippen MR) is 119 cm³/mol. The van der Waals surface area contributed by atoms with Gasteiger partial charge in [-0.1, -0.05) is 30.3 Å². The number of halogens is 2. The standard InChI is InChI=1S/C23H29F2N3O3S/c1-32(29,30)27-21-11-12-28(23-20(25)13-18(24)14-26-23)22(21)15-31-19-9-7-17(8-10-19)16-5-3-2-4-6-16/h2-6,13-14,17,19,21-22,27H,7-12,15H2,1H3/t17?,19?,21-,22-/m0/s1. The van der Waals surface area contributed by atoms with E-state index < -0.39 is 33.7 Å². The van der Waals surface area contributed by atoms with Gasteiger partial charge in [-0.25, -0.2) is 26.9 Å². The molecule has 0 unspecified atom stereocenters. The van der Waals surface area contributed by atoms with Gasteiger partial charge in [0.25, 0.3) is 0 Å². The smallest absolute Gasteiger partial charge is 0.209 e. The molecule has 6 nitrogen and oxygen atoms in total. The van der Waals surface area contributed by atoms with Crippen molar-refractivity contribution in [1.82, 2.24) is 9.71 Å². The average molecular weight is 466 g/mol. The maximum atomic E-state index is 14.4. The molecule has 174 valence electrons. The molecule has 2 aliphatic rings. The van der Waals surface area contributed by atoms with Gasteiger partial charge < -0.3 is 9.64 Å². The molecule has 1 aliphatic carbocycles. The van der Waals surface area contributed by atoms with Crippen molar-refractivity contribution in [2.45, 2.75) is 56.2 Å². The van der Waals surface area contributed by atoms with Crippen LogP contribution in [0.3, 0.4) is 0 Å². The summed E-state index contributed by atoms with van der Waals surface area (Å²) in [4.78, 5) is 5.61. The molecule has 0 amide bonds. The Morgan fingerprint density at radius 2 is 1.84 bits per heavy atom. The summed E-state index contributed by atoms with van der Waals surface area (Å²) in [5.74, 6) is -0.973. The van der Waals surface area contributed by atoms with Gasteiger partial charge in [-0.05, 0) is 43.6 Å². The highest BCUT2D eigenvalue weighted by Crippen LogP contribution is 2.35. The van der Waals surface area contributed by atoms with Crippen LogP contribution >= 0.6 is 0 Å². The lowest BCUT2D eigenvalue weighted by Gasteiger charge is -2.33. The fourth-order valence-electron chi connectivity index (χ4n) is 4.88. The van der Waals surface area contributed by atoms with E-state index in [1.165, 1.54) is 5.56 Å². The zero-order valence-electron chi connectivity index (χ0n) is 18.1. The number of sulfonamides is 1. The van der Waals surface area contributed by atoms with Gasteiger partial charge in [0.05, 0.1) is 31.2 Å². The van der Waals surface area contributed by atoms with E-state index >= 15 is 0 Å². The number of hydrogen-bond acceptors (Lipinski definition) is 5. The molecule has 9 heteroatoms. The predicted octanol–water partition coefficient (Wildman–Crippen LogP) is 3.60. The molecule has 1 saturated heterocycles. The Hall–Kier alpha value is -2.10. The van der Waals surface area contributed by atoms with Crippen molar-refractivity contribution in [3.05, 3.63) is 59.8 Å².